The lowest BCUT2D eigenvalue weighted by Gasteiger charge is -2.11. The molecule has 1 N–H and O–H groups in total. The number of fused-ring (bicyclic) bond motifs is 1. The van der Waals surface area contributed by atoms with Crippen LogP contribution in [0.5, 0.6) is 0 Å². The molecule has 0 spiro atoms. The van der Waals surface area contributed by atoms with Crippen LogP contribution in [0.15, 0.2) is 35.5 Å². The second-order valence-corrected chi connectivity index (χ2v) is 7.21. The van der Waals surface area contributed by atoms with Crippen LogP contribution in [-0.2, 0) is 4.79 Å². The number of hydrogen-bond donors (Lipinski definition) is 1. The number of carbonyl (C=O) groups excluding carboxylic acids is 2. The summed E-state index contributed by atoms with van der Waals surface area (Å²) in [4.78, 5) is 29.9. The molecule has 0 aliphatic heterocycles. The summed E-state index contributed by atoms with van der Waals surface area (Å²) >= 11 is 1.29. The molecule has 1 aromatic carbocycles. The zero-order valence-electron chi connectivity index (χ0n) is 15.6. The van der Waals surface area contributed by atoms with E-state index >= 15 is 0 Å². The van der Waals surface area contributed by atoms with Crippen molar-refractivity contribution in [1.29, 1.82) is 0 Å². The molecule has 0 bridgehead atoms. The Labute approximate surface area is 161 Å². The van der Waals surface area contributed by atoms with Crippen LogP contribution in [0, 0.1) is 13.8 Å². The van der Waals surface area contributed by atoms with Crippen molar-refractivity contribution in [3.05, 3.63) is 47.3 Å². The first-order valence-corrected chi connectivity index (χ1v) is 9.27. The summed E-state index contributed by atoms with van der Waals surface area (Å²) < 4.78 is 1.83. The van der Waals surface area contributed by atoms with Crippen LogP contribution < -0.4 is 5.32 Å². The maximum absolute atomic E-state index is 12.2. The Hall–Kier alpha value is -2.94. The van der Waals surface area contributed by atoms with Crippen molar-refractivity contribution in [2.24, 2.45) is 0 Å². The first-order valence-electron chi connectivity index (χ1n) is 8.29. The average molecular weight is 384 g/mol. The number of rotatable bonds is 5. The molecule has 0 unspecified atom stereocenters. The molecule has 0 radical (unpaired) electrons. The van der Waals surface area contributed by atoms with Crippen molar-refractivity contribution in [3.63, 3.8) is 0 Å². The standard InChI is InChI=1S/C18H20N6O2S/c1-11-9-12(2)24-17(19-11)21-22-18(24)27-10-15(25)20-14-7-5-13(6-8-14)16(26)23(3)4/h5-9H,10H2,1-4H3,(H,20,25). The smallest absolute Gasteiger partial charge is 0.256 e. The monoisotopic (exact) mass is 384 g/mol. The third kappa shape index (κ3) is 4.25. The van der Waals surface area contributed by atoms with E-state index in [9.17, 15) is 9.59 Å². The van der Waals surface area contributed by atoms with E-state index in [0.717, 1.165) is 11.4 Å². The summed E-state index contributed by atoms with van der Waals surface area (Å²) in [7, 11) is 3.39. The Morgan fingerprint density at radius 2 is 1.85 bits per heavy atom. The molecule has 140 valence electrons. The van der Waals surface area contributed by atoms with Crippen LogP contribution in [0.2, 0.25) is 0 Å². The highest BCUT2D eigenvalue weighted by molar-refractivity contribution is 7.99. The molecule has 0 aliphatic rings. The van der Waals surface area contributed by atoms with Gasteiger partial charge in [-0.15, -0.1) is 10.2 Å². The molecule has 27 heavy (non-hydrogen) atoms. The highest BCUT2D eigenvalue weighted by atomic mass is 32.2. The summed E-state index contributed by atoms with van der Waals surface area (Å²) in [6.45, 7) is 3.85. The van der Waals surface area contributed by atoms with Gasteiger partial charge >= 0.3 is 0 Å². The topological polar surface area (TPSA) is 92.5 Å². The van der Waals surface area contributed by atoms with E-state index in [4.69, 9.17) is 0 Å². The molecule has 3 rings (SSSR count). The Kier molecular flexibility index (Phi) is 5.41. The quantitative estimate of drug-likeness (QED) is 0.678. The Bertz CT molecular complexity index is 997. The molecule has 0 aliphatic carbocycles. The normalized spacial score (nSPS) is 10.8. The van der Waals surface area contributed by atoms with Gasteiger partial charge in [-0.2, -0.15) is 0 Å². The predicted molar refractivity (Wildman–Crippen MR) is 104 cm³/mol. The third-order valence-corrected chi connectivity index (χ3v) is 4.75. The maximum atomic E-state index is 12.2. The van der Waals surface area contributed by atoms with Crippen LogP contribution in [0.3, 0.4) is 0 Å². The number of thioether (sulfide) groups is 1. The lowest BCUT2D eigenvalue weighted by molar-refractivity contribution is -0.113. The van der Waals surface area contributed by atoms with Gasteiger partial charge in [0.05, 0.1) is 5.75 Å². The van der Waals surface area contributed by atoms with Crippen LogP contribution in [-0.4, -0.2) is 56.1 Å². The largest absolute Gasteiger partial charge is 0.345 e. The summed E-state index contributed by atoms with van der Waals surface area (Å²) in [6, 6.07) is 8.74. The van der Waals surface area contributed by atoms with Gasteiger partial charge in [0.25, 0.3) is 11.7 Å². The van der Waals surface area contributed by atoms with Crippen molar-refractivity contribution in [3.8, 4) is 0 Å². The van der Waals surface area contributed by atoms with Crippen molar-refractivity contribution >= 4 is 35.0 Å². The van der Waals surface area contributed by atoms with Crippen LogP contribution in [0.4, 0.5) is 5.69 Å². The van der Waals surface area contributed by atoms with Gasteiger partial charge in [-0.25, -0.2) is 4.98 Å². The van der Waals surface area contributed by atoms with Crippen molar-refractivity contribution in [2.75, 3.05) is 25.2 Å². The van der Waals surface area contributed by atoms with E-state index in [-0.39, 0.29) is 17.6 Å². The molecule has 0 saturated carbocycles. The fourth-order valence-electron chi connectivity index (χ4n) is 2.58. The number of nitrogens with zero attached hydrogens (tertiary/aromatic N) is 5. The summed E-state index contributed by atoms with van der Waals surface area (Å²) in [6.07, 6.45) is 0. The van der Waals surface area contributed by atoms with E-state index < -0.39 is 0 Å². The second-order valence-electron chi connectivity index (χ2n) is 6.27. The first-order chi connectivity index (χ1) is 12.8. The first kappa shape index (κ1) is 18.8. The Morgan fingerprint density at radius 1 is 1.15 bits per heavy atom. The van der Waals surface area contributed by atoms with Gasteiger partial charge in [-0.05, 0) is 44.2 Å². The molecule has 9 heteroatoms. The highest BCUT2D eigenvalue weighted by Crippen LogP contribution is 2.19. The Balaban J connectivity index is 1.63. The van der Waals surface area contributed by atoms with Crippen molar-refractivity contribution < 1.29 is 9.59 Å². The Morgan fingerprint density at radius 3 is 2.52 bits per heavy atom. The zero-order valence-corrected chi connectivity index (χ0v) is 16.4. The number of anilines is 1. The SMILES string of the molecule is Cc1cc(C)n2c(SCC(=O)Nc3ccc(C(=O)N(C)C)cc3)nnc2n1. The molecule has 2 amide bonds. The van der Waals surface area contributed by atoms with Gasteiger partial charge in [0, 0.05) is 36.7 Å². The zero-order chi connectivity index (χ0) is 19.6. The van der Waals surface area contributed by atoms with Gasteiger partial charge < -0.3 is 10.2 Å². The van der Waals surface area contributed by atoms with Gasteiger partial charge in [-0.1, -0.05) is 11.8 Å². The maximum Gasteiger partial charge on any atom is 0.256 e. The van der Waals surface area contributed by atoms with E-state index in [1.807, 2.05) is 24.3 Å². The minimum Gasteiger partial charge on any atom is -0.345 e. The number of carbonyl (C=O) groups is 2. The number of nitrogens with one attached hydrogen (secondary N) is 1. The summed E-state index contributed by atoms with van der Waals surface area (Å²) in [5, 5.41) is 11.6. The fraction of sp³-hybridized carbons (Fsp3) is 0.278. The number of aromatic nitrogens is 4. The van der Waals surface area contributed by atoms with E-state index in [1.54, 1.807) is 38.4 Å². The van der Waals surface area contributed by atoms with Gasteiger partial charge in [0.15, 0.2) is 5.16 Å². The molecular formula is C18H20N6O2S. The van der Waals surface area contributed by atoms with E-state index in [2.05, 4.69) is 20.5 Å². The number of amides is 2. The highest BCUT2D eigenvalue weighted by Gasteiger charge is 2.13. The summed E-state index contributed by atoms with van der Waals surface area (Å²) in [5.41, 5.74) is 3.04. The molecular weight excluding hydrogens is 364 g/mol. The predicted octanol–water partition coefficient (Wildman–Crippen LogP) is 2.17. The lowest BCUT2D eigenvalue weighted by atomic mass is 10.2. The van der Waals surface area contributed by atoms with Crippen LogP contribution in [0.1, 0.15) is 21.7 Å². The third-order valence-electron chi connectivity index (χ3n) is 3.82. The summed E-state index contributed by atoms with van der Waals surface area (Å²) in [5.74, 6) is 0.464. The minimum atomic E-state index is -0.166. The van der Waals surface area contributed by atoms with Gasteiger partial charge in [0.2, 0.25) is 5.91 Å². The van der Waals surface area contributed by atoms with Gasteiger partial charge in [-0.3, -0.25) is 14.0 Å². The van der Waals surface area contributed by atoms with E-state index in [0.29, 0.717) is 22.2 Å². The molecule has 0 saturated heterocycles. The average Bonchev–Trinajstić information content (AvgIpc) is 3.03. The minimum absolute atomic E-state index is 0.0821. The van der Waals surface area contributed by atoms with Crippen LogP contribution >= 0.6 is 11.8 Å². The van der Waals surface area contributed by atoms with Crippen LogP contribution in [0.25, 0.3) is 5.78 Å². The van der Waals surface area contributed by atoms with Crippen molar-refractivity contribution in [1.82, 2.24) is 24.5 Å². The number of aryl methyl sites for hydroxylation is 2. The molecule has 0 atom stereocenters. The molecule has 3 aromatic rings. The number of hydrogen-bond acceptors (Lipinski definition) is 6. The molecule has 8 nitrogen and oxygen atoms in total. The second kappa shape index (κ2) is 7.75. The van der Waals surface area contributed by atoms with E-state index in [1.165, 1.54) is 16.7 Å². The molecule has 0 fully saturated rings. The van der Waals surface area contributed by atoms with Crippen molar-refractivity contribution in [2.45, 2.75) is 19.0 Å². The van der Waals surface area contributed by atoms with Gasteiger partial charge in [0.1, 0.15) is 0 Å². The lowest BCUT2D eigenvalue weighted by Crippen LogP contribution is -2.21. The molecule has 2 aromatic heterocycles. The molecule has 2 heterocycles. The number of benzene rings is 1. The fourth-order valence-corrected chi connectivity index (χ4v) is 3.36.